The number of benzene rings is 2. The van der Waals surface area contributed by atoms with Crippen molar-refractivity contribution in [3.63, 3.8) is 0 Å². The molecule has 0 aromatic heterocycles. The molecule has 1 aliphatic heterocycles. The Balaban J connectivity index is 2.12. The van der Waals surface area contributed by atoms with E-state index in [1.807, 2.05) is 6.07 Å². The highest BCUT2D eigenvalue weighted by molar-refractivity contribution is 6.22. The van der Waals surface area contributed by atoms with E-state index in [4.69, 9.17) is 16.3 Å². The molecular formula is C15H12ClNO4. The van der Waals surface area contributed by atoms with Crippen molar-refractivity contribution < 1.29 is 19.4 Å². The van der Waals surface area contributed by atoms with Crippen LogP contribution >= 0.6 is 11.6 Å². The van der Waals surface area contributed by atoms with E-state index < -0.39 is 18.0 Å². The molecule has 0 aliphatic carbocycles. The van der Waals surface area contributed by atoms with Gasteiger partial charge < -0.3 is 15.2 Å². The van der Waals surface area contributed by atoms with Crippen LogP contribution in [0.4, 0.5) is 5.69 Å². The Hall–Kier alpha value is -2.11. The number of aliphatic hydroxyl groups is 1. The van der Waals surface area contributed by atoms with Crippen molar-refractivity contribution in [3.8, 4) is 0 Å². The lowest BCUT2D eigenvalue weighted by molar-refractivity contribution is 0.0391. The fraction of sp³-hybridized carbons (Fsp3) is 0.200. The molecule has 1 atom stereocenters. The molecule has 1 unspecified atom stereocenters. The summed E-state index contributed by atoms with van der Waals surface area (Å²) in [5, 5.41) is 13.9. The highest BCUT2D eigenvalue weighted by Crippen LogP contribution is 2.33. The second-order valence-electron chi connectivity index (χ2n) is 4.75. The van der Waals surface area contributed by atoms with Gasteiger partial charge in [-0.05, 0) is 18.2 Å². The van der Waals surface area contributed by atoms with Crippen molar-refractivity contribution in [3.05, 3.63) is 41.5 Å². The lowest BCUT2D eigenvalue weighted by atomic mass is 9.96. The van der Waals surface area contributed by atoms with Crippen LogP contribution in [-0.4, -0.2) is 35.6 Å². The second-order valence-corrected chi connectivity index (χ2v) is 5.06. The molecule has 21 heavy (non-hydrogen) atoms. The molecule has 0 saturated heterocycles. The zero-order chi connectivity index (χ0) is 15.0. The maximum atomic E-state index is 11.8. The van der Waals surface area contributed by atoms with Crippen LogP contribution in [0.1, 0.15) is 20.7 Å². The van der Waals surface area contributed by atoms with Gasteiger partial charge in [0.1, 0.15) is 0 Å². The first-order valence-electron chi connectivity index (χ1n) is 6.42. The Morgan fingerprint density at radius 1 is 1.14 bits per heavy atom. The van der Waals surface area contributed by atoms with Gasteiger partial charge in [-0.3, -0.25) is 0 Å². The number of nitrogens with one attached hydrogen (secondary N) is 1. The van der Waals surface area contributed by atoms with E-state index in [0.717, 1.165) is 11.1 Å². The summed E-state index contributed by atoms with van der Waals surface area (Å²) in [4.78, 5) is 23.6. The monoisotopic (exact) mass is 305 g/mol. The average molecular weight is 306 g/mol. The van der Waals surface area contributed by atoms with Gasteiger partial charge >= 0.3 is 11.9 Å². The molecule has 0 amide bonds. The molecule has 6 heteroatoms. The van der Waals surface area contributed by atoms with Crippen molar-refractivity contribution in [2.24, 2.45) is 0 Å². The number of alkyl halides is 1. The zero-order valence-corrected chi connectivity index (χ0v) is 11.7. The summed E-state index contributed by atoms with van der Waals surface area (Å²) in [5.74, 6) is -1.16. The molecule has 0 saturated carbocycles. The molecule has 0 spiro atoms. The van der Waals surface area contributed by atoms with E-state index >= 15 is 0 Å². The number of ether oxygens (including phenoxy) is 1. The summed E-state index contributed by atoms with van der Waals surface area (Å²) in [5.41, 5.74) is 1.45. The van der Waals surface area contributed by atoms with Crippen LogP contribution in [0.5, 0.6) is 0 Å². The first-order chi connectivity index (χ1) is 10.1. The van der Waals surface area contributed by atoms with Crippen LogP contribution in [0.25, 0.3) is 10.8 Å². The smallest absolute Gasteiger partial charge is 0.346 e. The molecule has 2 aromatic carbocycles. The van der Waals surface area contributed by atoms with E-state index in [1.54, 1.807) is 24.3 Å². The highest BCUT2D eigenvalue weighted by Gasteiger charge is 2.27. The average Bonchev–Trinajstić information content (AvgIpc) is 2.50. The summed E-state index contributed by atoms with van der Waals surface area (Å²) >= 11 is 5.56. The van der Waals surface area contributed by atoms with E-state index in [9.17, 15) is 14.7 Å². The molecule has 0 fully saturated rings. The minimum absolute atomic E-state index is 0.124. The minimum Gasteiger partial charge on any atom is -0.390 e. The van der Waals surface area contributed by atoms with Gasteiger partial charge in [-0.25, -0.2) is 9.59 Å². The standard InChI is InChI=1S/C15H12ClNO4/c16-6-8(18)7-17-12-5-4-11-13-9(12)2-1-3-10(13)14(19)21-15(11)20/h1-5,8,17-18H,6-7H2. The Morgan fingerprint density at radius 3 is 2.57 bits per heavy atom. The topological polar surface area (TPSA) is 75.6 Å². The number of hydrogen-bond donors (Lipinski definition) is 2. The van der Waals surface area contributed by atoms with Crippen molar-refractivity contribution in [1.82, 2.24) is 0 Å². The molecule has 0 radical (unpaired) electrons. The Morgan fingerprint density at radius 2 is 1.86 bits per heavy atom. The second kappa shape index (κ2) is 5.35. The highest BCUT2D eigenvalue weighted by atomic mass is 35.5. The third-order valence-corrected chi connectivity index (χ3v) is 3.73. The third kappa shape index (κ3) is 2.34. The van der Waals surface area contributed by atoms with E-state index in [-0.39, 0.29) is 12.4 Å². The van der Waals surface area contributed by atoms with Crippen LogP contribution in [0.15, 0.2) is 30.3 Å². The van der Waals surface area contributed by atoms with E-state index in [2.05, 4.69) is 5.32 Å². The molecule has 3 rings (SSSR count). The molecular weight excluding hydrogens is 294 g/mol. The van der Waals surface area contributed by atoms with Gasteiger partial charge in [0.05, 0.1) is 23.1 Å². The Kier molecular flexibility index (Phi) is 3.53. The van der Waals surface area contributed by atoms with Gasteiger partial charge in [0.25, 0.3) is 0 Å². The number of esters is 2. The quantitative estimate of drug-likeness (QED) is 0.514. The van der Waals surface area contributed by atoms with Crippen molar-refractivity contribution in [2.75, 3.05) is 17.7 Å². The van der Waals surface area contributed by atoms with Gasteiger partial charge in [0, 0.05) is 23.0 Å². The van der Waals surface area contributed by atoms with Gasteiger partial charge in [0.15, 0.2) is 0 Å². The Bertz CT molecular complexity index is 724. The van der Waals surface area contributed by atoms with Gasteiger partial charge in [-0.15, -0.1) is 11.6 Å². The molecule has 5 nitrogen and oxygen atoms in total. The van der Waals surface area contributed by atoms with Crippen LogP contribution < -0.4 is 5.32 Å². The predicted octanol–water partition coefficient (Wildman–Crippen LogP) is 2.16. The maximum Gasteiger partial charge on any atom is 0.346 e. The van der Waals surface area contributed by atoms with Crippen LogP contribution in [0.3, 0.4) is 0 Å². The molecule has 108 valence electrons. The normalized spacial score (nSPS) is 15.0. The number of halogens is 1. The summed E-state index contributed by atoms with van der Waals surface area (Å²) in [6.07, 6.45) is -0.677. The van der Waals surface area contributed by atoms with Crippen LogP contribution in [0, 0.1) is 0 Å². The van der Waals surface area contributed by atoms with E-state index in [0.29, 0.717) is 16.5 Å². The van der Waals surface area contributed by atoms with Gasteiger partial charge in [-0.2, -0.15) is 0 Å². The summed E-state index contributed by atoms with van der Waals surface area (Å²) in [6.45, 7) is 0.278. The first kappa shape index (κ1) is 13.9. The molecule has 0 bridgehead atoms. The fourth-order valence-electron chi connectivity index (χ4n) is 2.38. The zero-order valence-electron chi connectivity index (χ0n) is 10.9. The largest absolute Gasteiger partial charge is 0.390 e. The van der Waals surface area contributed by atoms with Crippen molar-refractivity contribution in [1.29, 1.82) is 0 Å². The third-order valence-electron chi connectivity index (χ3n) is 3.37. The maximum absolute atomic E-state index is 11.8. The first-order valence-corrected chi connectivity index (χ1v) is 6.95. The molecule has 2 aromatic rings. The van der Waals surface area contributed by atoms with Crippen molar-refractivity contribution in [2.45, 2.75) is 6.10 Å². The summed E-state index contributed by atoms with van der Waals surface area (Å²) in [6, 6.07) is 8.48. The van der Waals surface area contributed by atoms with E-state index in [1.165, 1.54) is 0 Å². The lowest BCUT2D eigenvalue weighted by Gasteiger charge is -2.18. The fourth-order valence-corrected chi connectivity index (χ4v) is 2.49. The number of aliphatic hydroxyl groups excluding tert-OH is 1. The van der Waals surface area contributed by atoms with Gasteiger partial charge in [0.2, 0.25) is 0 Å². The van der Waals surface area contributed by atoms with Crippen molar-refractivity contribution >= 4 is 40.0 Å². The number of rotatable bonds is 4. The summed E-state index contributed by atoms with van der Waals surface area (Å²) < 4.78 is 4.70. The molecule has 2 N–H and O–H groups in total. The summed E-state index contributed by atoms with van der Waals surface area (Å²) in [7, 11) is 0. The SMILES string of the molecule is O=C1OC(=O)c2ccc(NCC(O)CCl)c3cccc1c23. The number of cyclic esters (lactones) is 2. The van der Waals surface area contributed by atoms with Gasteiger partial charge in [-0.1, -0.05) is 12.1 Å². The van der Waals surface area contributed by atoms with Crippen LogP contribution in [-0.2, 0) is 4.74 Å². The predicted molar refractivity (Wildman–Crippen MR) is 78.9 cm³/mol. The lowest BCUT2D eigenvalue weighted by Crippen LogP contribution is -2.22. The minimum atomic E-state index is -0.677. The molecule has 1 aliphatic rings. The molecule has 1 heterocycles. The number of carbonyl (C=O) groups is 2. The number of anilines is 1. The number of hydrogen-bond acceptors (Lipinski definition) is 5. The number of carbonyl (C=O) groups excluding carboxylic acids is 2. The van der Waals surface area contributed by atoms with Crippen LogP contribution in [0.2, 0.25) is 0 Å². The Labute approximate surface area is 125 Å².